The third-order valence-corrected chi connectivity index (χ3v) is 3.28. The minimum Gasteiger partial charge on any atom is -0.493 e. The molecule has 1 unspecified atom stereocenters. The molecular formula is C18H21NO4. The zero-order chi connectivity index (χ0) is 16.5. The Morgan fingerprint density at radius 3 is 2.43 bits per heavy atom. The summed E-state index contributed by atoms with van der Waals surface area (Å²) in [5.41, 5.74) is 1.03. The fraction of sp³-hybridized carbons (Fsp3) is 0.278. The van der Waals surface area contributed by atoms with Gasteiger partial charge in [-0.3, -0.25) is 4.79 Å². The van der Waals surface area contributed by atoms with Crippen LogP contribution in [0.3, 0.4) is 0 Å². The van der Waals surface area contributed by atoms with E-state index in [9.17, 15) is 9.90 Å². The Bertz CT molecular complexity index is 615. The maximum absolute atomic E-state index is 11.8. The van der Waals surface area contributed by atoms with Crippen molar-refractivity contribution < 1.29 is 19.4 Å². The van der Waals surface area contributed by atoms with Crippen LogP contribution in [0.4, 0.5) is 0 Å². The number of aliphatic hydroxyl groups is 1. The number of carbonyl (C=O) groups excluding carboxylic acids is 1. The van der Waals surface area contributed by atoms with Gasteiger partial charge in [0.05, 0.1) is 13.2 Å². The summed E-state index contributed by atoms with van der Waals surface area (Å²) in [7, 11) is 1.54. The van der Waals surface area contributed by atoms with Crippen molar-refractivity contribution in [3.63, 3.8) is 0 Å². The Hall–Kier alpha value is -2.53. The first-order valence-electron chi connectivity index (χ1n) is 7.43. The number of hydrogen-bond acceptors (Lipinski definition) is 4. The molecule has 0 aliphatic heterocycles. The third-order valence-electron chi connectivity index (χ3n) is 3.28. The Kier molecular flexibility index (Phi) is 6.44. The highest BCUT2D eigenvalue weighted by Crippen LogP contribution is 2.25. The van der Waals surface area contributed by atoms with E-state index in [0.717, 1.165) is 5.56 Å². The highest BCUT2D eigenvalue weighted by Gasteiger charge is 2.10. The van der Waals surface area contributed by atoms with Crippen molar-refractivity contribution in [3.05, 3.63) is 60.2 Å². The summed E-state index contributed by atoms with van der Waals surface area (Å²) < 4.78 is 10.6. The average molecular weight is 315 g/mol. The lowest BCUT2D eigenvalue weighted by Gasteiger charge is -2.13. The largest absolute Gasteiger partial charge is 0.493 e. The fourth-order valence-electron chi connectivity index (χ4n) is 2.12. The zero-order valence-electron chi connectivity index (χ0n) is 13.1. The standard InChI is InChI=1S/C18H21NO4/c1-22-16-9-5-6-10-17(16)23-13-18(21)19-12-15(20)11-14-7-3-2-4-8-14/h2-10,15,20H,11-13H2,1H3,(H,19,21). The molecule has 2 aromatic carbocycles. The Morgan fingerprint density at radius 1 is 1.09 bits per heavy atom. The predicted octanol–water partition coefficient (Wildman–Crippen LogP) is 1.79. The maximum Gasteiger partial charge on any atom is 0.258 e. The van der Waals surface area contributed by atoms with E-state index in [1.807, 2.05) is 36.4 Å². The van der Waals surface area contributed by atoms with E-state index < -0.39 is 6.10 Å². The first-order chi connectivity index (χ1) is 11.2. The van der Waals surface area contributed by atoms with E-state index in [1.54, 1.807) is 25.3 Å². The molecule has 2 aromatic rings. The van der Waals surface area contributed by atoms with E-state index in [2.05, 4.69) is 5.32 Å². The highest BCUT2D eigenvalue weighted by molar-refractivity contribution is 5.77. The first kappa shape index (κ1) is 16.8. The quantitative estimate of drug-likeness (QED) is 0.779. The van der Waals surface area contributed by atoms with Gasteiger partial charge in [-0.1, -0.05) is 42.5 Å². The van der Waals surface area contributed by atoms with Crippen molar-refractivity contribution >= 4 is 5.91 Å². The van der Waals surface area contributed by atoms with Gasteiger partial charge in [0.1, 0.15) is 0 Å². The van der Waals surface area contributed by atoms with Crippen molar-refractivity contribution in [2.45, 2.75) is 12.5 Å². The van der Waals surface area contributed by atoms with Gasteiger partial charge in [-0.15, -0.1) is 0 Å². The lowest BCUT2D eigenvalue weighted by molar-refractivity contribution is -0.123. The molecule has 0 aliphatic carbocycles. The second kappa shape index (κ2) is 8.80. The molecule has 23 heavy (non-hydrogen) atoms. The van der Waals surface area contributed by atoms with Gasteiger partial charge in [-0.25, -0.2) is 0 Å². The maximum atomic E-state index is 11.8. The van der Waals surface area contributed by atoms with Crippen LogP contribution < -0.4 is 14.8 Å². The molecule has 2 rings (SSSR count). The summed E-state index contributed by atoms with van der Waals surface area (Å²) in [5, 5.41) is 12.6. The highest BCUT2D eigenvalue weighted by atomic mass is 16.5. The number of nitrogens with one attached hydrogen (secondary N) is 1. The van der Waals surface area contributed by atoms with Gasteiger partial charge in [-0.05, 0) is 17.7 Å². The minimum atomic E-state index is -0.632. The first-order valence-corrected chi connectivity index (χ1v) is 7.43. The van der Waals surface area contributed by atoms with Crippen molar-refractivity contribution in [2.75, 3.05) is 20.3 Å². The topological polar surface area (TPSA) is 67.8 Å². The van der Waals surface area contributed by atoms with Gasteiger partial charge in [0.15, 0.2) is 18.1 Å². The number of amides is 1. The number of ether oxygens (including phenoxy) is 2. The lowest BCUT2D eigenvalue weighted by Crippen LogP contribution is -2.36. The molecule has 0 saturated carbocycles. The molecule has 0 bridgehead atoms. The molecule has 1 atom stereocenters. The van der Waals surface area contributed by atoms with Gasteiger partial charge < -0.3 is 19.9 Å². The predicted molar refractivity (Wildman–Crippen MR) is 87.7 cm³/mol. The van der Waals surface area contributed by atoms with Crippen LogP contribution in [0.5, 0.6) is 11.5 Å². The van der Waals surface area contributed by atoms with Gasteiger partial charge in [0.25, 0.3) is 5.91 Å². The minimum absolute atomic E-state index is 0.127. The van der Waals surface area contributed by atoms with Crippen molar-refractivity contribution in [3.8, 4) is 11.5 Å². The number of hydrogen-bond donors (Lipinski definition) is 2. The molecule has 0 spiro atoms. The van der Waals surface area contributed by atoms with Crippen LogP contribution in [0, 0.1) is 0 Å². The summed E-state index contributed by atoms with van der Waals surface area (Å²) in [6.07, 6.45) is -0.137. The lowest BCUT2D eigenvalue weighted by atomic mass is 10.1. The number of carbonyl (C=O) groups is 1. The Labute approximate surface area is 135 Å². The van der Waals surface area contributed by atoms with Crippen molar-refractivity contribution in [1.29, 1.82) is 0 Å². The van der Waals surface area contributed by atoms with Crippen LogP contribution in [-0.2, 0) is 11.2 Å². The number of para-hydroxylation sites is 2. The summed E-state index contributed by atoms with van der Waals surface area (Å²) in [6.45, 7) is 0.0570. The van der Waals surface area contributed by atoms with Crippen molar-refractivity contribution in [1.82, 2.24) is 5.32 Å². The molecule has 0 aromatic heterocycles. The molecular weight excluding hydrogens is 294 g/mol. The van der Waals surface area contributed by atoms with Crippen LogP contribution in [0.25, 0.3) is 0 Å². The van der Waals surface area contributed by atoms with Gasteiger partial charge >= 0.3 is 0 Å². The molecule has 5 heteroatoms. The molecule has 0 saturated heterocycles. The summed E-state index contributed by atoms with van der Waals surface area (Å²) in [6, 6.07) is 16.8. The van der Waals surface area contributed by atoms with Crippen LogP contribution in [0.15, 0.2) is 54.6 Å². The number of aliphatic hydroxyl groups excluding tert-OH is 1. The Morgan fingerprint density at radius 2 is 1.74 bits per heavy atom. The molecule has 0 radical (unpaired) electrons. The smallest absolute Gasteiger partial charge is 0.258 e. The van der Waals surface area contributed by atoms with Crippen LogP contribution in [0.1, 0.15) is 5.56 Å². The molecule has 0 aliphatic rings. The average Bonchev–Trinajstić information content (AvgIpc) is 2.59. The molecule has 122 valence electrons. The van der Waals surface area contributed by atoms with E-state index in [4.69, 9.17) is 9.47 Å². The molecule has 0 heterocycles. The number of methoxy groups -OCH3 is 1. The zero-order valence-corrected chi connectivity index (χ0v) is 13.1. The molecule has 2 N–H and O–H groups in total. The van der Waals surface area contributed by atoms with Gasteiger partial charge in [-0.2, -0.15) is 0 Å². The second-order valence-electron chi connectivity index (χ2n) is 5.09. The fourth-order valence-corrected chi connectivity index (χ4v) is 2.12. The van der Waals surface area contributed by atoms with Crippen LogP contribution >= 0.6 is 0 Å². The summed E-state index contributed by atoms with van der Waals surface area (Å²) in [4.78, 5) is 11.8. The Balaban J connectivity index is 1.72. The van der Waals surface area contributed by atoms with Crippen LogP contribution in [-0.4, -0.2) is 37.4 Å². The molecule has 5 nitrogen and oxygen atoms in total. The molecule has 0 fully saturated rings. The van der Waals surface area contributed by atoms with E-state index >= 15 is 0 Å². The van der Waals surface area contributed by atoms with E-state index in [0.29, 0.717) is 17.9 Å². The van der Waals surface area contributed by atoms with E-state index in [1.165, 1.54) is 0 Å². The van der Waals surface area contributed by atoms with E-state index in [-0.39, 0.29) is 19.1 Å². The van der Waals surface area contributed by atoms with Crippen molar-refractivity contribution in [2.24, 2.45) is 0 Å². The number of rotatable bonds is 8. The summed E-state index contributed by atoms with van der Waals surface area (Å²) in [5.74, 6) is 0.794. The van der Waals surface area contributed by atoms with Gasteiger partial charge in [0, 0.05) is 13.0 Å². The second-order valence-corrected chi connectivity index (χ2v) is 5.09. The van der Waals surface area contributed by atoms with Gasteiger partial charge in [0.2, 0.25) is 0 Å². The monoisotopic (exact) mass is 315 g/mol. The number of benzene rings is 2. The SMILES string of the molecule is COc1ccccc1OCC(=O)NCC(O)Cc1ccccc1. The normalized spacial score (nSPS) is 11.6. The molecule has 1 amide bonds. The third kappa shape index (κ3) is 5.64. The van der Waals surface area contributed by atoms with Crippen LogP contribution in [0.2, 0.25) is 0 Å². The summed E-state index contributed by atoms with van der Waals surface area (Å²) >= 11 is 0.